The normalized spacial score (nSPS) is 12.8. The summed E-state index contributed by atoms with van der Waals surface area (Å²) in [7, 11) is 1.57. The van der Waals surface area contributed by atoms with Crippen LogP contribution in [0, 0.1) is 6.92 Å². The van der Waals surface area contributed by atoms with E-state index in [1.165, 1.54) is 0 Å². The molecule has 0 aliphatic carbocycles. The summed E-state index contributed by atoms with van der Waals surface area (Å²) in [5.41, 5.74) is 3.52. The quantitative estimate of drug-likeness (QED) is 0.394. The first-order valence-corrected chi connectivity index (χ1v) is 11.2. The molecule has 0 aliphatic rings. The fourth-order valence-electron chi connectivity index (χ4n) is 3.08. The summed E-state index contributed by atoms with van der Waals surface area (Å²) in [4.78, 5) is 17.4. The molecule has 0 amide bonds. The number of methoxy groups -OCH3 is 1. The van der Waals surface area contributed by atoms with Crippen LogP contribution in [0.25, 0.3) is 11.3 Å². The highest BCUT2D eigenvalue weighted by Crippen LogP contribution is 2.27. The van der Waals surface area contributed by atoms with Gasteiger partial charge in [-0.05, 0) is 43.7 Å². The molecule has 0 spiro atoms. The number of carbonyl (C=O) groups is 1. The molecule has 1 aromatic heterocycles. The zero-order valence-electron chi connectivity index (χ0n) is 17.8. The van der Waals surface area contributed by atoms with Crippen molar-refractivity contribution in [1.29, 1.82) is 0 Å². The molecule has 0 bridgehead atoms. The Hall–Kier alpha value is -2.87. The minimum Gasteiger partial charge on any atom is -0.593 e. The number of esters is 1. The lowest BCUT2D eigenvalue weighted by Gasteiger charge is -2.20. The van der Waals surface area contributed by atoms with Crippen LogP contribution in [0.5, 0.6) is 5.88 Å². The van der Waals surface area contributed by atoms with Crippen LogP contribution < -0.4 is 9.46 Å². The molecule has 0 saturated carbocycles. The first kappa shape index (κ1) is 22.8. The number of rotatable bonds is 9. The average Bonchev–Trinajstić information content (AvgIpc) is 2.79. The number of pyridine rings is 1. The van der Waals surface area contributed by atoms with E-state index in [2.05, 4.69) is 9.71 Å². The molecule has 0 aliphatic heterocycles. The van der Waals surface area contributed by atoms with Crippen molar-refractivity contribution in [1.82, 2.24) is 9.71 Å². The Morgan fingerprint density at radius 1 is 1.13 bits per heavy atom. The molecule has 3 rings (SSSR count). The maximum Gasteiger partial charge on any atom is 0.307 e. The molecule has 6 nitrogen and oxygen atoms in total. The van der Waals surface area contributed by atoms with Gasteiger partial charge < -0.3 is 14.0 Å². The van der Waals surface area contributed by atoms with E-state index in [1.807, 2.05) is 67.6 Å². The van der Waals surface area contributed by atoms with E-state index in [0.29, 0.717) is 17.4 Å². The van der Waals surface area contributed by atoms with Gasteiger partial charge in [-0.1, -0.05) is 42.0 Å². The lowest BCUT2D eigenvalue weighted by Crippen LogP contribution is -2.30. The van der Waals surface area contributed by atoms with Gasteiger partial charge in [-0.2, -0.15) is 0 Å². The summed E-state index contributed by atoms with van der Waals surface area (Å²) >= 11 is -1.49. The first-order valence-electron chi connectivity index (χ1n) is 10.0. The lowest BCUT2D eigenvalue weighted by molar-refractivity contribution is -0.143. The predicted octanol–water partition coefficient (Wildman–Crippen LogP) is 4.37. The van der Waals surface area contributed by atoms with Gasteiger partial charge in [-0.15, -0.1) is 4.72 Å². The summed E-state index contributed by atoms with van der Waals surface area (Å²) in [5.74, 6) is 0.162. The van der Waals surface area contributed by atoms with E-state index in [4.69, 9.17) is 9.47 Å². The Balaban J connectivity index is 1.89. The number of aromatic nitrogens is 1. The number of carbonyl (C=O) groups excluding carboxylic acids is 1. The van der Waals surface area contributed by atoms with E-state index in [9.17, 15) is 9.35 Å². The second kappa shape index (κ2) is 10.9. The fraction of sp³-hybridized carbons (Fsp3) is 0.250. The number of nitrogens with one attached hydrogen (secondary N) is 1. The highest BCUT2D eigenvalue weighted by Gasteiger charge is 2.24. The summed E-state index contributed by atoms with van der Waals surface area (Å²) in [6, 6.07) is 20.1. The van der Waals surface area contributed by atoms with Crippen molar-refractivity contribution in [2.75, 3.05) is 13.7 Å². The maximum absolute atomic E-state index is 12.9. The van der Waals surface area contributed by atoms with Crippen LogP contribution in [0.4, 0.5) is 0 Å². The molecule has 2 aromatic carbocycles. The summed E-state index contributed by atoms with van der Waals surface area (Å²) in [5, 5.41) is 0. The molecular weight excluding hydrogens is 412 g/mol. The third kappa shape index (κ3) is 6.30. The monoisotopic (exact) mass is 438 g/mol. The molecular formula is C24H26N2O4S. The number of ether oxygens (including phenoxy) is 2. The molecule has 0 fully saturated rings. The Bertz CT molecular complexity index is 1010. The zero-order valence-corrected chi connectivity index (χ0v) is 18.6. The van der Waals surface area contributed by atoms with Crippen molar-refractivity contribution < 1.29 is 18.8 Å². The second-order valence-electron chi connectivity index (χ2n) is 6.95. The molecule has 0 radical (unpaired) electrons. The number of nitrogens with zero attached hydrogens (tertiary/aromatic N) is 1. The standard InChI is InChI=1S/C24H26N2O4S/c1-4-30-24(27)16-22(26-31(28)20-13-11-17(2)12-14-20)19-8-5-7-18(15-19)21-9-6-10-23(25-21)29-3/h5-15,22,26H,4,16H2,1-3H3/t22-,31+/m0/s1. The molecule has 3 aromatic rings. The highest BCUT2D eigenvalue weighted by molar-refractivity contribution is 7.89. The van der Waals surface area contributed by atoms with Gasteiger partial charge in [0.1, 0.15) is 0 Å². The summed E-state index contributed by atoms with van der Waals surface area (Å²) in [6.07, 6.45) is 0.0560. The summed E-state index contributed by atoms with van der Waals surface area (Å²) < 4.78 is 26.4. The van der Waals surface area contributed by atoms with Crippen LogP contribution in [0.3, 0.4) is 0 Å². The van der Waals surface area contributed by atoms with E-state index >= 15 is 0 Å². The average molecular weight is 439 g/mol. The van der Waals surface area contributed by atoms with Crippen molar-refractivity contribution >= 4 is 17.3 Å². The third-order valence-corrected chi connectivity index (χ3v) is 5.88. The minimum absolute atomic E-state index is 0.0560. The third-order valence-electron chi connectivity index (χ3n) is 4.68. The molecule has 31 heavy (non-hydrogen) atoms. The summed E-state index contributed by atoms with van der Waals surface area (Å²) in [6.45, 7) is 4.03. The van der Waals surface area contributed by atoms with Crippen molar-refractivity contribution in [3.8, 4) is 17.1 Å². The zero-order chi connectivity index (χ0) is 22.2. The number of hydrogen-bond acceptors (Lipinski definition) is 6. The van der Waals surface area contributed by atoms with Crippen LogP contribution in [0.1, 0.15) is 30.5 Å². The SMILES string of the molecule is CCOC(=O)C[C@H](N[S@+]([O-])c1ccc(C)cc1)c1cccc(-c2cccc(OC)n2)c1. The Kier molecular flexibility index (Phi) is 8.06. The topological polar surface area (TPSA) is 83.5 Å². The van der Waals surface area contributed by atoms with Crippen LogP contribution in [0.2, 0.25) is 0 Å². The number of aryl methyl sites for hydroxylation is 1. The van der Waals surface area contributed by atoms with Gasteiger partial charge in [0.25, 0.3) is 0 Å². The smallest absolute Gasteiger partial charge is 0.307 e. The maximum atomic E-state index is 12.9. The fourth-order valence-corrected chi connectivity index (χ4v) is 4.07. The molecule has 1 N–H and O–H groups in total. The molecule has 1 heterocycles. The number of benzene rings is 2. The van der Waals surface area contributed by atoms with Crippen LogP contribution >= 0.6 is 0 Å². The van der Waals surface area contributed by atoms with Gasteiger partial charge >= 0.3 is 5.97 Å². The first-order chi connectivity index (χ1) is 15.0. The van der Waals surface area contributed by atoms with Gasteiger partial charge in [0, 0.05) is 11.6 Å². The van der Waals surface area contributed by atoms with Crippen LogP contribution in [-0.4, -0.2) is 29.2 Å². The van der Waals surface area contributed by atoms with Crippen LogP contribution in [0.15, 0.2) is 71.6 Å². The minimum atomic E-state index is -1.49. The van der Waals surface area contributed by atoms with Crippen molar-refractivity contribution in [3.63, 3.8) is 0 Å². The van der Waals surface area contributed by atoms with Gasteiger partial charge in [0.15, 0.2) is 4.90 Å². The molecule has 2 atom stereocenters. The molecule has 7 heteroatoms. The van der Waals surface area contributed by atoms with E-state index in [1.54, 1.807) is 20.1 Å². The largest absolute Gasteiger partial charge is 0.593 e. The Morgan fingerprint density at radius 3 is 2.58 bits per heavy atom. The van der Waals surface area contributed by atoms with E-state index in [-0.39, 0.29) is 12.4 Å². The predicted molar refractivity (Wildman–Crippen MR) is 121 cm³/mol. The van der Waals surface area contributed by atoms with E-state index in [0.717, 1.165) is 22.4 Å². The lowest BCUT2D eigenvalue weighted by atomic mass is 10.0. The van der Waals surface area contributed by atoms with Crippen LogP contribution in [-0.2, 0) is 20.9 Å². The molecule has 162 valence electrons. The van der Waals surface area contributed by atoms with Crippen molar-refractivity contribution in [3.05, 3.63) is 77.9 Å². The molecule has 0 unspecified atom stereocenters. The van der Waals surface area contributed by atoms with Gasteiger partial charge in [0.05, 0.1) is 43.2 Å². The highest BCUT2D eigenvalue weighted by atomic mass is 32.2. The Labute approximate surface area is 185 Å². The number of hydrogen-bond donors (Lipinski definition) is 1. The van der Waals surface area contributed by atoms with Gasteiger partial charge in [-0.3, -0.25) is 4.79 Å². The Morgan fingerprint density at radius 2 is 1.87 bits per heavy atom. The second-order valence-corrected chi connectivity index (χ2v) is 8.20. The van der Waals surface area contributed by atoms with Gasteiger partial charge in [0.2, 0.25) is 5.88 Å². The van der Waals surface area contributed by atoms with Crippen molar-refractivity contribution in [2.45, 2.75) is 31.2 Å². The molecule has 0 saturated heterocycles. The van der Waals surface area contributed by atoms with E-state index < -0.39 is 17.4 Å². The van der Waals surface area contributed by atoms with Crippen molar-refractivity contribution in [2.24, 2.45) is 0 Å². The van der Waals surface area contributed by atoms with Gasteiger partial charge in [-0.25, -0.2) is 4.98 Å².